The molecular weight excluding hydrogens is 252 g/mol. The van der Waals surface area contributed by atoms with Gasteiger partial charge in [-0.3, -0.25) is 14.9 Å². The van der Waals surface area contributed by atoms with E-state index in [4.69, 9.17) is 0 Å². The summed E-state index contributed by atoms with van der Waals surface area (Å²) in [6, 6.07) is 10.3. The molecule has 1 aliphatic heterocycles. The summed E-state index contributed by atoms with van der Waals surface area (Å²) in [4.78, 5) is 14.1. The molecule has 1 heterocycles. The molecule has 1 saturated heterocycles. The van der Waals surface area contributed by atoms with Crippen molar-refractivity contribution >= 4 is 5.91 Å². The Balaban J connectivity index is 1.45. The van der Waals surface area contributed by atoms with E-state index in [2.05, 4.69) is 17.0 Å². The second-order valence-electron chi connectivity index (χ2n) is 5.97. The highest BCUT2D eigenvalue weighted by molar-refractivity contribution is 5.77. The van der Waals surface area contributed by atoms with Crippen molar-refractivity contribution in [1.29, 1.82) is 0 Å². The fourth-order valence-corrected chi connectivity index (χ4v) is 3.10. The van der Waals surface area contributed by atoms with Gasteiger partial charge < -0.3 is 0 Å². The van der Waals surface area contributed by atoms with Gasteiger partial charge in [0.25, 0.3) is 5.91 Å². The van der Waals surface area contributed by atoms with Crippen LogP contribution in [0.1, 0.15) is 30.7 Å². The number of benzene rings is 1. The van der Waals surface area contributed by atoms with Gasteiger partial charge in [0.2, 0.25) is 0 Å². The molecule has 1 aliphatic carbocycles. The summed E-state index contributed by atoms with van der Waals surface area (Å²) in [6.07, 6.45) is 3.40. The smallest absolute Gasteiger partial charge is 0.260 e. The van der Waals surface area contributed by atoms with Gasteiger partial charge in [-0.1, -0.05) is 30.3 Å². The van der Waals surface area contributed by atoms with Crippen molar-refractivity contribution in [2.45, 2.75) is 25.2 Å². The minimum atomic E-state index is -0.161. The van der Waals surface area contributed by atoms with E-state index >= 15 is 0 Å². The molecule has 3 rings (SSSR count). The Hall–Kier alpha value is -1.39. The highest BCUT2D eigenvalue weighted by Crippen LogP contribution is 2.47. The molecule has 0 bridgehead atoms. The molecule has 108 valence electrons. The van der Waals surface area contributed by atoms with Crippen LogP contribution in [0.4, 0.5) is 0 Å². The van der Waals surface area contributed by atoms with E-state index in [0.717, 1.165) is 37.4 Å². The number of hydrogen-bond donors (Lipinski definition) is 1. The normalized spacial score (nSPS) is 25.6. The summed E-state index contributed by atoms with van der Waals surface area (Å²) in [5.41, 5.74) is 1.32. The predicted octanol–water partition coefficient (Wildman–Crippen LogP) is 2.10. The highest BCUT2D eigenvalue weighted by Gasteiger charge is 2.40. The lowest BCUT2D eigenvalue weighted by molar-refractivity contribution is -0.167. The number of carbonyl (C=O) groups is 1. The van der Waals surface area contributed by atoms with Crippen LogP contribution in [0.5, 0.6) is 0 Å². The number of nitrogens with zero attached hydrogens (tertiary/aromatic N) is 2. The molecular formula is C16H22N2O2. The van der Waals surface area contributed by atoms with E-state index in [1.54, 1.807) is 0 Å². The molecule has 2 atom stereocenters. The molecule has 2 fully saturated rings. The Morgan fingerprint density at radius 1 is 1.25 bits per heavy atom. The maximum absolute atomic E-state index is 11.9. The third-order valence-electron chi connectivity index (χ3n) is 4.40. The van der Waals surface area contributed by atoms with Crippen LogP contribution < -0.4 is 0 Å². The summed E-state index contributed by atoms with van der Waals surface area (Å²) in [5.74, 6) is 0.751. The van der Waals surface area contributed by atoms with Gasteiger partial charge in [-0.15, -0.1) is 0 Å². The van der Waals surface area contributed by atoms with Crippen LogP contribution in [0.25, 0.3) is 0 Å². The van der Waals surface area contributed by atoms with E-state index in [1.165, 1.54) is 5.56 Å². The summed E-state index contributed by atoms with van der Waals surface area (Å²) < 4.78 is 0. The first-order valence-corrected chi connectivity index (χ1v) is 7.50. The largest absolute Gasteiger partial charge is 0.294 e. The molecule has 1 saturated carbocycles. The third kappa shape index (κ3) is 3.19. The van der Waals surface area contributed by atoms with Crippen molar-refractivity contribution < 1.29 is 10.0 Å². The summed E-state index contributed by atoms with van der Waals surface area (Å²) in [6.45, 7) is 2.79. The zero-order valence-electron chi connectivity index (χ0n) is 11.7. The first kappa shape index (κ1) is 13.6. The van der Waals surface area contributed by atoms with E-state index in [9.17, 15) is 10.0 Å². The molecule has 4 heteroatoms. The lowest BCUT2D eigenvalue weighted by Gasteiger charge is -2.19. The quantitative estimate of drug-likeness (QED) is 0.660. The van der Waals surface area contributed by atoms with Crippen molar-refractivity contribution in [3.8, 4) is 0 Å². The number of hydroxylamine groups is 2. The molecule has 20 heavy (non-hydrogen) atoms. The fourth-order valence-electron chi connectivity index (χ4n) is 3.10. The van der Waals surface area contributed by atoms with Gasteiger partial charge in [0.1, 0.15) is 0 Å². The average molecular weight is 274 g/mol. The topological polar surface area (TPSA) is 43.8 Å². The van der Waals surface area contributed by atoms with Crippen LogP contribution in [-0.2, 0) is 4.79 Å². The van der Waals surface area contributed by atoms with Crippen LogP contribution in [0, 0.1) is 5.92 Å². The fraction of sp³-hybridized carbons (Fsp3) is 0.562. The number of likely N-dealkylation sites (tertiary alicyclic amines) is 1. The Bertz CT molecular complexity index is 457. The zero-order chi connectivity index (χ0) is 13.9. The van der Waals surface area contributed by atoms with Crippen molar-refractivity contribution in [3.63, 3.8) is 0 Å². The number of hydrogen-bond acceptors (Lipinski definition) is 3. The van der Waals surface area contributed by atoms with Gasteiger partial charge in [0.15, 0.2) is 0 Å². The van der Waals surface area contributed by atoms with Crippen molar-refractivity contribution in [2.75, 3.05) is 26.2 Å². The number of rotatable bonds is 5. The van der Waals surface area contributed by atoms with Crippen LogP contribution in [0.2, 0.25) is 0 Å². The maximum atomic E-state index is 11.9. The standard InChI is InChI=1S/C16H22N2O2/c19-16(12-17-8-4-5-9-17)18(20)11-14-10-15(14)13-6-2-1-3-7-13/h1-3,6-7,14-15,20H,4-5,8-12H2/t14-,15-/m0/s1. The average Bonchev–Trinajstić information content (AvgIpc) is 3.04. The van der Waals surface area contributed by atoms with Crippen LogP contribution >= 0.6 is 0 Å². The molecule has 1 amide bonds. The van der Waals surface area contributed by atoms with Gasteiger partial charge >= 0.3 is 0 Å². The van der Waals surface area contributed by atoms with Gasteiger partial charge in [-0.25, -0.2) is 5.06 Å². The summed E-state index contributed by atoms with van der Waals surface area (Å²) in [7, 11) is 0. The molecule has 0 unspecified atom stereocenters. The van der Waals surface area contributed by atoms with Gasteiger partial charge in [0, 0.05) is 0 Å². The van der Waals surface area contributed by atoms with E-state index in [-0.39, 0.29) is 5.91 Å². The lowest BCUT2D eigenvalue weighted by Crippen LogP contribution is -2.38. The molecule has 1 N–H and O–H groups in total. The van der Waals surface area contributed by atoms with E-state index in [1.807, 2.05) is 18.2 Å². The molecule has 1 aromatic carbocycles. The monoisotopic (exact) mass is 274 g/mol. The highest BCUT2D eigenvalue weighted by atomic mass is 16.5. The summed E-state index contributed by atoms with van der Waals surface area (Å²) >= 11 is 0. The van der Waals surface area contributed by atoms with Gasteiger partial charge in [-0.05, 0) is 49.8 Å². The Labute approximate surface area is 119 Å². The van der Waals surface area contributed by atoms with Crippen molar-refractivity contribution in [3.05, 3.63) is 35.9 Å². The number of carbonyl (C=O) groups excluding carboxylic acids is 1. The van der Waals surface area contributed by atoms with Crippen LogP contribution in [0.15, 0.2) is 30.3 Å². The van der Waals surface area contributed by atoms with E-state index < -0.39 is 0 Å². The molecule has 0 radical (unpaired) electrons. The van der Waals surface area contributed by atoms with Gasteiger partial charge in [0.05, 0.1) is 13.1 Å². The first-order valence-electron chi connectivity index (χ1n) is 7.50. The molecule has 1 aromatic rings. The number of amides is 1. The predicted molar refractivity (Wildman–Crippen MR) is 76.5 cm³/mol. The SMILES string of the molecule is O=C(CN1CCCC1)N(O)C[C@@H]1C[C@H]1c1ccccc1. The van der Waals surface area contributed by atoms with Crippen LogP contribution in [-0.4, -0.2) is 47.3 Å². The first-order chi connectivity index (χ1) is 9.74. The van der Waals surface area contributed by atoms with Gasteiger partial charge in [-0.2, -0.15) is 0 Å². The molecule has 0 spiro atoms. The Morgan fingerprint density at radius 3 is 2.65 bits per heavy atom. The van der Waals surface area contributed by atoms with Crippen LogP contribution in [0.3, 0.4) is 0 Å². The second kappa shape index (κ2) is 5.94. The third-order valence-corrected chi connectivity index (χ3v) is 4.40. The lowest BCUT2D eigenvalue weighted by atomic mass is 10.1. The molecule has 2 aliphatic rings. The van der Waals surface area contributed by atoms with Crippen molar-refractivity contribution in [1.82, 2.24) is 9.96 Å². The van der Waals surface area contributed by atoms with E-state index in [0.29, 0.717) is 24.9 Å². The van der Waals surface area contributed by atoms with Crippen molar-refractivity contribution in [2.24, 2.45) is 5.92 Å². The Morgan fingerprint density at radius 2 is 1.95 bits per heavy atom. The minimum absolute atomic E-state index is 0.161. The molecule has 4 nitrogen and oxygen atoms in total. The summed E-state index contributed by atoms with van der Waals surface area (Å²) in [5, 5.41) is 10.8. The zero-order valence-corrected chi connectivity index (χ0v) is 11.7. The maximum Gasteiger partial charge on any atom is 0.260 e. The minimum Gasteiger partial charge on any atom is -0.294 e. The second-order valence-corrected chi connectivity index (χ2v) is 5.97. The molecule has 0 aromatic heterocycles. The Kier molecular flexibility index (Phi) is 4.03.